The molecular weight excluding hydrogens is 188 g/mol. The Hall–Kier alpha value is -1.13. The monoisotopic (exact) mass is 198 g/mol. The van der Waals surface area contributed by atoms with Gasteiger partial charge in [-0.15, -0.1) is 0 Å². The molecule has 13 heavy (non-hydrogen) atoms. The number of hydrogen-bond donors (Lipinski definition) is 1. The standard InChI is InChI=1S/C9H10O3S/c1-7(2)8-3-5-9(6-4-8)12-13(10)11/h3-6H,1H2,2H3,(H,10,11). The molecule has 1 aromatic rings. The summed E-state index contributed by atoms with van der Waals surface area (Å²) < 4.78 is 23.2. The SMILES string of the molecule is C=C(C)c1ccc(OS(=O)O)cc1. The van der Waals surface area contributed by atoms with Crippen molar-refractivity contribution in [3.8, 4) is 5.75 Å². The second-order valence-corrected chi connectivity index (χ2v) is 3.21. The first-order valence-electron chi connectivity index (χ1n) is 3.64. The first kappa shape index (κ1) is 9.95. The molecule has 70 valence electrons. The topological polar surface area (TPSA) is 46.5 Å². The van der Waals surface area contributed by atoms with E-state index < -0.39 is 11.4 Å². The summed E-state index contributed by atoms with van der Waals surface area (Å²) in [4.78, 5) is 0. The van der Waals surface area contributed by atoms with Crippen LogP contribution in [0.15, 0.2) is 30.8 Å². The van der Waals surface area contributed by atoms with Crippen molar-refractivity contribution < 1.29 is 12.9 Å². The lowest BCUT2D eigenvalue weighted by Gasteiger charge is -2.01. The molecule has 0 aliphatic heterocycles. The Balaban J connectivity index is 2.81. The second-order valence-electron chi connectivity index (χ2n) is 2.61. The summed E-state index contributed by atoms with van der Waals surface area (Å²) in [7, 11) is 0. The molecule has 0 saturated heterocycles. The van der Waals surface area contributed by atoms with Gasteiger partial charge < -0.3 is 4.18 Å². The zero-order valence-corrected chi connectivity index (χ0v) is 8.00. The van der Waals surface area contributed by atoms with E-state index in [1.54, 1.807) is 24.3 Å². The highest BCUT2D eigenvalue weighted by molar-refractivity contribution is 7.74. The van der Waals surface area contributed by atoms with E-state index in [2.05, 4.69) is 10.8 Å². The lowest BCUT2D eigenvalue weighted by molar-refractivity contribution is 0.458. The van der Waals surface area contributed by atoms with Crippen molar-refractivity contribution in [1.82, 2.24) is 0 Å². The normalized spacial score (nSPS) is 12.2. The maximum Gasteiger partial charge on any atom is 0.357 e. The predicted molar refractivity (Wildman–Crippen MR) is 52.5 cm³/mol. The van der Waals surface area contributed by atoms with Crippen LogP contribution in [0.4, 0.5) is 0 Å². The molecule has 1 atom stereocenters. The largest absolute Gasteiger partial charge is 0.380 e. The zero-order chi connectivity index (χ0) is 9.84. The maximum atomic E-state index is 10.3. The highest BCUT2D eigenvalue weighted by atomic mass is 32.2. The van der Waals surface area contributed by atoms with E-state index in [4.69, 9.17) is 4.55 Å². The highest BCUT2D eigenvalue weighted by Crippen LogP contribution is 2.17. The average molecular weight is 198 g/mol. The lowest BCUT2D eigenvalue weighted by Crippen LogP contribution is -1.96. The molecule has 0 saturated carbocycles. The van der Waals surface area contributed by atoms with Gasteiger partial charge in [0.15, 0.2) is 0 Å². The average Bonchev–Trinajstić information content (AvgIpc) is 2.04. The molecule has 3 nitrogen and oxygen atoms in total. The van der Waals surface area contributed by atoms with Gasteiger partial charge in [0.1, 0.15) is 5.75 Å². The summed E-state index contributed by atoms with van der Waals surface area (Å²) in [6, 6.07) is 6.81. The fourth-order valence-corrected chi connectivity index (χ4v) is 1.15. The van der Waals surface area contributed by atoms with Gasteiger partial charge in [0.25, 0.3) is 0 Å². The van der Waals surface area contributed by atoms with Crippen molar-refractivity contribution in [2.75, 3.05) is 0 Å². The first-order valence-corrected chi connectivity index (χ1v) is 4.68. The van der Waals surface area contributed by atoms with Crippen molar-refractivity contribution in [2.45, 2.75) is 6.92 Å². The summed E-state index contributed by atoms with van der Waals surface area (Å²) in [6.45, 7) is 5.65. The molecule has 0 aromatic heterocycles. The molecule has 0 bridgehead atoms. The quantitative estimate of drug-likeness (QED) is 0.757. The highest BCUT2D eigenvalue weighted by Gasteiger charge is 1.98. The summed E-state index contributed by atoms with van der Waals surface area (Å²) in [5.41, 5.74) is 1.92. The molecule has 1 unspecified atom stereocenters. The first-order chi connectivity index (χ1) is 6.09. The van der Waals surface area contributed by atoms with Crippen LogP contribution in [0.1, 0.15) is 12.5 Å². The van der Waals surface area contributed by atoms with Crippen LogP contribution in [0.2, 0.25) is 0 Å². The van der Waals surface area contributed by atoms with Crippen LogP contribution in [-0.2, 0) is 11.4 Å². The van der Waals surface area contributed by atoms with Crippen molar-refractivity contribution in [3.63, 3.8) is 0 Å². The molecule has 0 radical (unpaired) electrons. The zero-order valence-electron chi connectivity index (χ0n) is 7.19. The Morgan fingerprint density at radius 3 is 2.38 bits per heavy atom. The molecule has 0 aliphatic rings. The Labute approximate surface area is 79.5 Å². The summed E-state index contributed by atoms with van der Waals surface area (Å²) >= 11 is -2.26. The molecule has 1 aromatic carbocycles. The van der Waals surface area contributed by atoms with Crippen LogP contribution >= 0.6 is 0 Å². The molecule has 0 fully saturated rings. The minimum Gasteiger partial charge on any atom is -0.380 e. The van der Waals surface area contributed by atoms with Gasteiger partial charge in [0.05, 0.1) is 0 Å². The van der Waals surface area contributed by atoms with Crippen molar-refractivity contribution in [3.05, 3.63) is 36.4 Å². The molecule has 1 N–H and O–H groups in total. The van der Waals surface area contributed by atoms with Crippen LogP contribution in [0.5, 0.6) is 5.75 Å². The van der Waals surface area contributed by atoms with Crippen molar-refractivity contribution in [2.24, 2.45) is 0 Å². The van der Waals surface area contributed by atoms with E-state index in [9.17, 15) is 4.21 Å². The Morgan fingerprint density at radius 1 is 1.46 bits per heavy atom. The van der Waals surface area contributed by atoms with Gasteiger partial charge in [-0.25, -0.2) is 0 Å². The second kappa shape index (κ2) is 4.20. The van der Waals surface area contributed by atoms with E-state index >= 15 is 0 Å². The Kier molecular flexibility index (Phi) is 3.22. The van der Waals surface area contributed by atoms with Crippen LogP contribution in [0.3, 0.4) is 0 Å². The van der Waals surface area contributed by atoms with Crippen LogP contribution in [-0.4, -0.2) is 8.76 Å². The summed E-state index contributed by atoms with van der Waals surface area (Å²) in [5, 5.41) is 0. The fourth-order valence-electron chi connectivity index (χ4n) is 0.877. The van der Waals surface area contributed by atoms with Gasteiger partial charge in [-0.2, -0.15) is 4.21 Å². The number of hydrogen-bond acceptors (Lipinski definition) is 2. The van der Waals surface area contributed by atoms with Gasteiger partial charge in [-0.05, 0) is 24.6 Å². The number of rotatable bonds is 3. The Bertz CT molecular complexity index is 329. The molecule has 0 amide bonds. The maximum absolute atomic E-state index is 10.3. The predicted octanol–water partition coefficient (Wildman–Crippen LogP) is 2.24. The lowest BCUT2D eigenvalue weighted by atomic mass is 10.1. The van der Waals surface area contributed by atoms with E-state index in [1.165, 1.54) is 0 Å². The Morgan fingerprint density at radius 2 is 2.00 bits per heavy atom. The van der Waals surface area contributed by atoms with Crippen LogP contribution < -0.4 is 4.18 Å². The fraction of sp³-hybridized carbons (Fsp3) is 0.111. The van der Waals surface area contributed by atoms with Crippen LogP contribution in [0, 0.1) is 0 Å². The number of allylic oxidation sites excluding steroid dienone is 1. The van der Waals surface area contributed by atoms with E-state index in [0.29, 0.717) is 5.75 Å². The van der Waals surface area contributed by atoms with Crippen molar-refractivity contribution >= 4 is 16.9 Å². The molecular formula is C9H10O3S. The molecule has 0 aliphatic carbocycles. The third kappa shape index (κ3) is 3.01. The van der Waals surface area contributed by atoms with Crippen molar-refractivity contribution in [1.29, 1.82) is 0 Å². The molecule has 1 rings (SSSR count). The van der Waals surface area contributed by atoms with Crippen LogP contribution in [0.25, 0.3) is 5.57 Å². The van der Waals surface area contributed by atoms with Gasteiger partial charge in [-0.1, -0.05) is 24.3 Å². The molecule has 0 spiro atoms. The minimum absolute atomic E-state index is 0.367. The van der Waals surface area contributed by atoms with E-state index in [1.807, 2.05) is 6.92 Å². The summed E-state index contributed by atoms with van der Waals surface area (Å²) in [5.74, 6) is 0.367. The number of benzene rings is 1. The molecule has 0 heterocycles. The van der Waals surface area contributed by atoms with Gasteiger partial charge in [-0.3, -0.25) is 4.55 Å². The van der Waals surface area contributed by atoms with Gasteiger partial charge >= 0.3 is 11.4 Å². The smallest absolute Gasteiger partial charge is 0.357 e. The third-order valence-electron chi connectivity index (χ3n) is 1.51. The summed E-state index contributed by atoms with van der Waals surface area (Å²) in [6.07, 6.45) is 0. The molecule has 4 heteroatoms. The third-order valence-corrected chi connectivity index (χ3v) is 1.85. The van der Waals surface area contributed by atoms with E-state index in [-0.39, 0.29) is 0 Å². The van der Waals surface area contributed by atoms with E-state index in [0.717, 1.165) is 11.1 Å². The van der Waals surface area contributed by atoms with Gasteiger partial charge in [0, 0.05) is 0 Å². The minimum atomic E-state index is -2.26. The van der Waals surface area contributed by atoms with Gasteiger partial charge in [0.2, 0.25) is 0 Å².